The number of hydrogen-bond donors (Lipinski definition) is 0. The molecule has 5 nitrogen and oxygen atoms in total. The molecule has 0 bridgehead atoms. The molecule has 3 aromatic carbocycles. The molecule has 0 radical (unpaired) electrons. The van der Waals surface area contributed by atoms with Crippen LogP contribution in [0.25, 0.3) is 10.8 Å². The predicted molar refractivity (Wildman–Crippen MR) is 157 cm³/mol. The van der Waals surface area contributed by atoms with Crippen LogP contribution in [0.1, 0.15) is 59.7 Å². The van der Waals surface area contributed by atoms with E-state index >= 15 is 0 Å². The van der Waals surface area contributed by atoms with Crippen molar-refractivity contribution in [3.8, 4) is 0 Å². The normalized spacial score (nSPS) is 18.4. The van der Waals surface area contributed by atoms with Gasteiger partial charge in [0.05, 0.1) is 17.5 Å². The molecule has 1 fully saturated rings. The minimum absolute atomic E-state index is 0.130. The molecule has 1 aliphatic heterocycles. The largest absolute Gasteiger partial charge is 0.330 e. The van der Waals surface area contributed by atoms with Crippen molar-refractivity contribution in [2.24, 2.45) is 0 Å². The molecule has 6 rings (SSSR count). The number of carbonyl (C=O) groups is 1. The quantitative estimate of drug-likeness (QED) is 0.264. The van der Waals surface area contributed by atoms with Gasteiger partial charge in [0.2, 0.25) is 15.9 Å². The van der Waals surface area contributed by atoms with Crippen LogP contribution < -0.4 is 0 Å². The number of amides is 1. The summed E-state index contributed by atoms with van der Waals surface area (Å²) in [7, 11) is -3.91. The van der Waals surface area contributed by atoms with Gasteiger partial charge >= 0.3 is 0 Å². The monoisotopic (exact) mass is 558 g/mol. The van der Waals surface area contributed by atoms with Crippen molar-refractivity contribution in [1.29, 1.82) is 0 Å². The number of aryl methyl sites for hydroxylation is 1. The fraction of sp³-hybridized carbons (Fsp3) is 0.344. The summed E-state index contributed by atoms with van der Waals surface area (Å²) >= 11 is 1.74. The van der Waals surface area contributed by atoms with Gasteiger partial charge in [-0.3, -0.25) is 4.79 Å². The minimum atomic E-state index is -3.91. The van der Waals surface area contributed by atoms with Crippen LogP contribution in [-0.2, 0) is 21.2 Å². The maximum atomic E-state index is 14.4. The Morgan fingerprint density at radius 1 is 0.923 bits per heavy atom. The molecule has 0 spiro atoms. The van der Waals surface area contributed by atoms with E-state index in [-0.39, 0.29) is 29.4 Å². The first-order valence-corrected chi connectivity index (χ1v) is 16.2. The highest BCUT2D eigenvalue weighted by Gasteiger charge is 2.39. The van der Waals surface area contributed by atoms with E-state index in [9.17, 15) is 13.2 Å². The van der Waals surface area contributed by atoms with E-state index in [4.69, 9.17) is 0 Å². The molecule has 39 heavy (non-hydrogen) atoms. The summed E-state index contributed by atoms with van der Waals surface area (Å²) in [4.78, 5) is 17.8. The summed E-state index contributed by atoms with van der Waals surface area (Å²) in [6.45, 7) is 2.52. The first-order chi connectivity index (χ1) is 18.9. The maximum Gasteiger partial charge on any atom is 0.244 e. The Morgan fingerprint density at radius 3 is 2.49 bits per heavy atom. The molecule has 0 N–H and O–H groups in total. The molecule has 1 atom stereocenters. The predicted octanol–water partition coefficient (Wildman–Crippen LogP) is 6.71. The number of sulfonamides is 1. The summed E-state index contributed by atoms with van der Waals surface area (Å²) in [5, 5.41) is 3.68. The van der Waals surface area contributed by atoms with Crippen LogP contribution in [0.4, 0.5) is 0 Å². The molecule has 1 saturated carbocycles. The van der Waals surface area contributed by atoms with Crippen LogP contribution >= 0.6 is 11.3 Å². The number of thiophene rings is 1. The molecule has 202 valence electrons. The van der Waals surface area contributed by atoms with Gasteiger partial charge in [0.25, 0.3) is 0 Å². The second-order valence-electron chi connectivity index (χ2n) is 10.7. The third kappa shape index (κ3) is 4.92. The SMILES string of the molecule is Cc1ccccc1C1c2ccsc2CCN1C(=O)CN(C1CCCCC1)S(=O)(=O)c1cccc2ccccc12. The van der Waals surface area contributed by atoms with Crippen molar-refractivity contribution in [1.82, 2.24) is 9.21 Å². The van der Waals surface area contributed by atoms with E-state index in [2.05, 4.69) is 30.5 Å². The third-order valence-corrected chi connectivity index (χ3v) is 11.3. The van der Waals surface area contributed by atoms with Crippen molar-refractivity contribution in [3.05, 3.63) is 99.7 Å². The zero-order valence-electron chi connectivity index (χ0n) is 22.3. The average Bonchev–Trinajstić information content (AvgIpc) is 3.45. The molecule has 1 aliphatic carbocycles. The Morgan fingerprint density at radius 2 is 1.67 bits per heavy atom. The fourth-order valence-electron chi connectivity index (χ4n) is 6.36. The smallest absolute Gasteiger partial charge is 0.244 e. The van der Waals surface area contributed by atoms with E-state index in [1.165, 1.54) is 9.18 Å². The number of nitrogens with zero attached hydrogens (tertiary/aromatic N) is 2. The van der Waals surface area contributed by atoms with Crippen LogP contribution in [0, 0.1) is 6.92 Å². The number of benzene rings is 3. The van der Waals surface area contributed by atoms with Crippen LogP contribution in [0.5, 0.6) is 0 Å². The van der Waals surface area contributed by atoms with Crippen molar-refractivity contribution in [2.45, 2.75) is 62.4 Å². The third-order valence-electron chi connectivity index (χ3n) is 8.38. The van der Waals surface area contributed by atoms with E-state index in [0.29, 0.717) is 11.9 Å². The standard InChI is InChI=1S/C32H34N2O3S2/c1-23-10-5-7-15-26(23)32-28-19-21-38-29(28)18-20-33(32)31(35)22-34(25-13-3-2-4-14-25)39(36,37)30-17-9-12-24-11-6-8-16-27(24)30/h5-12,15-17,19,21,25,32H,2-4,13-14,18,20,22H2,1H3. The molecule has 1 aromatic heterocycles. The van der Waals surface area contributed by atoms with Crippen molar-refractivity contribution < 1.29 is 13.2 Å². The summed E-state index contributed by atoms with van der Waals surface area (Å²) < 4.78 is 30.3. The van der Waals surface area contributed by atoms with Gasteiger partial charge in [-0.25, -0.2) is 8.42 Å². The lowest BCUT2D eigenvalue weighted by Gasteiger charge is -2.39. The summed E-state index contributed by atoms with van der Waals surface area (Å²) in [5.74, 6) is -0.130. The van der Waals surface area contributed by atoms with Gasteiger partial charge in [-0.1, -0.05) is 79.9 Å². The van der Waals surface area contributed by atoms with Gasteiger partial charge in [0.15, 0.2) is 0 Å². The molecule has 4 aromatic rings. The Bertz CT molecular complexity index is 1600. The first-order valence-electron chi connectivity index (χ1n) is 13.9. The van der Waals surface area contributed by atoms with Crippen LogP contribution in [0.3, 0.4) is 0 Å². The van der Waals surface area contributed by atoms with Gasteiger partial charge in [-0.05, 0) is 65.8 Å². The Labute approximate surface area is 235 Å². The van der Waals surface area contributed by atoms with E-state index in [1.807, 2.05) is 47.4 Å². The second-order valence-corrected chi connectivity index (χ2v) is 13.6. The van der Waals surface area contributed by atoms with Gasteiger partial charge in [-0.15, -0.1) is 11.3 Å². The molecule has 0 saturated heterocycles. The molecular formula is C32H34N2O3S2. The molecule has 1 unspecified atom stereocenters. The van der Waals surface area contributed by atoms with Crippen LogP contribution in [-0.4, -0.2) is 42.7 Å². The van der Waals surface area contributed by atoms with Gasteiger partial charge in [-0.2, -0.15) is 4.31 Å². The number of rotatable bonds is 6. The summed E-state index contributed by atoms with van der Waals surface area (Å²) in [6, 6.07) is 23.0. The molecule has 7 heteroatoms. The molecule has 2 heterocycles. The zero-order chi connectivity index (χ0) is 27.0. The maximum absolute atomic E-state index is 14.4. The van der Waals surface area contributed by atoms with E-state index < -0.39 is 10.0 Å². The number of hydrogen-bond acceptors (Lipinski definition) is 4. The first kappa shape index (κ1) is 26.2. The van der Waals surface area contributed by atoms with Crippen molar-refractivity contribution in [3.63, 3.8) is 0 Å². The van der Waals surface area contributed by atoms with Crippen LogP contribution in [0.15, 0.2) is 83.1 Å². The van der Waals surface area contributed by atoms with Crippen molar-refractivity contribution >= 4 is 38.0 Å². The highest BCUT2D eigenvalue weighted by Crippen LogP contribution is 2.39. The Kier molecular flexibility index (Phi) is 7.31. The number of fused-ring (bicyclic) bond motifs is 2. The van der Waals surface area contributed by atoms with Crippen LogP contribution in [0.2, 0.25) is 0 Å². The molecule has 2 aliphatic rings. The molecular weight excluding hydrogens is 524 g/mol. The lowest BCUT2D eigenvalue weighted by Crippen LogP contribution is -2.50. The van der Waals surface area contributed by atoms with Gasteiger partial charge < -0.3 is 4.90 Å². The minimum Gasteiger partial charge on any atom is -0.330 e. The Hall–Kier alpha value is -3.00. The topological polar surface area (TPSA) is 57.7 Å². The van der Waals surface area contributed by atoms with Gasteiger partial charge in [0.1, 0.15) is 0 Å². The van der Waals surface area contributed by atoms with Gasteiger partial charge in [0, 0.05) is 22.8 Å². The molecule has 1 amide bonds. The van der Waals surface area contributed by atoms with Crippen molar-refractivity contribution in [2.75, 3.05) is 13.1 Å². The fourth-order valence-corrected chi connectivity index (χ4v) is 9.12. The number of carbonyl (C=O) groups excluding carboxylic acids is 1. The van der Waals surface area contributed by atoms with E-state index in [0.717, 1.165) is 60.6 Å². The van der Waals surface area contributed by atoms with E-state index in [1.54, 1.807) is 23.5 Å². The summed E-state index contributed by atoms with van der Waals surface area (Å²) in [6.07, 6.45) is 5.43. The lowest BCUT2D eigenvalue weighted by molar-refractivity contribution is -0.134. The second kappa shape index (κ2) is 10.9. The lowest BCUT2D eigenvalue weighted by atomic mass is 9.90. The summed E-state index contributed by atoms with van der Waals surface area (Å²) in [5.41, 5.74) is 3.40. The zero-order valence-corrected chi connectivity index (χ0v) is 23.9. The highest BCUT2D eigenvalue weighted by atomic mass is 32.2. The average molecular weight is 559 g/mol. The highest BCUT2D eigenvalue weighted by molar-refractivity contribution is 7.89. The Balaban J connectivity index is 1.39.